The molecule has 3 heterocycles. The van der Waals surface area contributed by atoms with Crippen LogP contribution in [0.1, 0.15) is 45.9 Å². The number of halogens is 1. The van der Waals surface area contributed by atoms with Gasteiger partial charge in [-0.2, -0.15) is 0 Å². The molecule has 0 unspecified atom stereocenters. The van der Waals surface area contributed by atoms with Crippen molar-refractivity contribution in [3.63, 3.8) is 0 Å². The van der Waals surface area contributed by atoms with E-state index in [1.165, 1.54) is 28.1 Å². The molecule has 1 aliphatic heterocycles. The van der Waals surface area contributed by atoms with Gasteiger partial charge in [0.05, 0.1) is 17.8 Å². The molecule has 2 aromatic heterocycles. The number of hydrogen-bond donors (Lipinski definition) is 1. The Balaban J connectivity index is 1.67. The molecular weight excluding hydrogens is 460 g/mol. The predicted octanol–water partition coefficient (Wildman–Crippen LogP) is 6.62. The van der Waals surface area contributed by atoms with Gasteiger partial charge < -0.3 is 14.8 Å². The molecule has 1 aliphatic rings. The highest BCUT2D eigenvalue weighted by atomic mass is 35.5. The SMILES string of the molecule is Cc1c([C@@H]2[C@@H](c3ccccn3)NC(=S)N2Cc2ccccc2)c(C)n(-c2cccc(Cl)c2)c1C. The van der Waals surface area contributed by atoms with Crippen molar-refractivity contribution in [3.05, 3.63) is 118 Å². The Kier molecular flexibility index (Phi) is 6.15. The van der Waals surface area contributed by atoms with E-state index < -0.39 is 0 Å². The van der Waals surface area contributed by atoms with Crippen molar-refractivity contribution in [2.24, 2.45) is 0 Å². The molecule has 4 nitrogen and oxygen atoms in total. The van der Waals surface area contributed by atoms with Gasteiger partial charge in [-0.1, -0.05) is 54.1 Å². The van der Waals surface area contributed by atoms with E-state index in [-0.39, 0.29) is 12.1 Å². The van der Waals surface area contributed by atoms with E-state index in [9.17, 15) is 0 Å². The second kappa shape index (κ2) is 9.24. The lowest BCUT2D eigenvalue weighted by atomic mass is 9.93. The molecule has 0 spiro atoms. The minimum Gasteiger partial charge on any atom is -0.352 e. The zero-order valence-electron chi connectivity index (χ0n) is 19.5. The molecule has 4 aromatic rings. The van der Waals surface area contributed by atoms with Crippen LogP contribution in [0.3, 0.4) is 0 Å². The molecule has 1 N–H and O–H groups in total. The summed E-state index contributed by atoms with van der Waals surface area (Å²) in [5, 5.41) is 5.06. The van der Waals surface area contributed by atoms with Gasteiger partial charge in [-0.05, 0) is 74.4 Å². The molecule has 0 radical (unpaired) electrons. The summed E-state index contributed by atoms with van der Waals surface area (Å²) in [6.45, 7) is 7.29. The summed E-state index contributed by atoms with van der Waals surface area (Å²) in [6.07, 6.45) is 1.85. The molecule has 1 fully saturated rings. The van der Waals surface area contributed by atoms with E-state index in [1.807, 2.05) is 42.6 Å². The Morgan fingerprint density at radius 2 is 1.71 bits per heavy atom. The van der Waals surface area contributed by atoms with Crippen LogP contribution in [0.5, 0.6) is 0 Å². The van der Waals surface area contributed by atoms with Crippen molar-refractivity contribution >= 4 is 28.9 Å². The van der Waals surface area contributed by atoms with Crippen LogP contribution in [0.4, 0.5) is 0 Å². The molecule has 172 valence electrons. The minimum atomic E-state index is -0.0515. The summed E-state index contributed by atoms with van der Waals surface area (Å²) in [4.78, 5) is 7.00. The molecule has 2 aromatic carbocycles. The van der Waals surface area contributed by atoms with Crippen LogP contribution < -0.4 is 5.32 Å². The predicted molar refractivity (Wildman–Crippen MR) is 142 cm³/mol. The van der Waals surface area contributed by atoms with Crippen molar-refractivity contribution in [3.8, 4) is 5.69 Å². The van der Waals surface area contributed by atoms with Crippen molar-refractivity contribution < 1.29 is 0 Å². The van der Waals surface area contributed by atoms with Gasteiger partial charge in [-0.3, -0.25) is 4.98 Å². The quantitative estimate of drug-likeness (QED) is 0.321. The van der Waals surface area contributed by atoms with Crippen LogP contribution in [0.25, 0.3) is 5.69 Å². The number of hydrogen-bond acceptors (Lipinski definition) is 2. The number of thiocarbonyl (C=S) groups is 1. The highest BCUT2D eigenvalue weighted by Crippen LogP contribution is 2.44. The second-order valence-electron chi connectivity index (χ2n) is 8.76. The standard InChI is InChI=1S/C28H27ClN4S/c1-18-19(2)33(23-13-9-12-22(29)16-23)20(3)25(18)27-26(24-14-7-8-15-30-24)31-28(34)32(27)17-21-10-5-4-6-11-21/h4-16,26-27H,17H2,1-3H3,(H,31,34)/t26-,27-/m1/s1. The second-order valence-corrected chi connectivity index (χ2v) is 9.59. The van der Waals surface area contributed by atoms with Crippen LogP contribution in [0.15, 0.2) is 79.0 Å². The third-order valence-corrected chi connectivity index (χ3v) is 7.35. The van der Waals surface area contributed by atoms with E-state index >= 15 is 0 Å². The van der Waals surface area contributed by atoms with Gasteiger partial charge in [0.15, 0.2) is 5.11 Å². The van der Waals surface area contributed by atoms with Gasteiger partial charge in [0.1, 0.15) is 0 Å². The van der Waals surface area contributed by atoms with Gasteiger partial charge >= 0.3 is 0 Å². The number of pyridine rings is 1. The average molecular weight is 487 g/mol. The van der Waals surface area contributed by atoms with Gasteiger partial charge in [-0.25, -0.2) is 0 Å². The number of nitrogens with zero attached hydrogens (tertiary/aromatic N) is 3. The molecule has 0 saturated carbocycles. The number of nitrogens with one attached hydrogen (secondary N) is 1. The van der Waals surface area contributed by atoms with E-state index in [0.717, 1.165) is 28.1 Å². The average Bonchev–Trinajstić information content (AvgIpc) is 3.27. The maximum atomic E-state index is 6.35. The lowest BCUT2D eigenvalue weighted by Gasteiger charge is -2.29. The van der Waals surface area contributed by atoms with Crippen LogP contribution in [-0.4, -0.2) is 19.6 Å². The molecular formula is C28H27ClN4S. The smallest absolute Gasteiger partial charge is 0.170 e. The Morgan fingerprint density at radius 1 is 0.941 bits per heavy atom. The normalized spacial score (nSPS) is 17.8. The van der Waals surface area contributed by atoms with Gasteiger partial charge in [0.25, 0.3) is 0 Å². The largest absolute Gasteiger partial charge is 0.352 e. The summed E-state index contributed by atoms with van der Waals surface area (Å²) in [7, 11) is 0. The molecule has 2 atom stereocenters. The summed E-state index contributed by atoms with van der Waals surface area (Å²) < 4.78 is 2.30. The van der Waals surface area contributed by atoms with Crippen LogP contribution >= 0.6 is 23.8 Å². The molecule has 0 aliphatic carbocycles. The maximum Gasteiger partial charge on any atom is 0.170 e. The summed E-state index contributed by atoms with van der Waals surface area (Å²) in [5.41, 5.74) is 8.19. The topological polar surface area (TPSA) is 33.1 Å². The van der Waals surface area contributed by atoms with Gasteiger partial charge in [0.2, 0.25) is 0 Å². The zero-order valence-corrected chi connectivity index (χ0v) is 21.1. The van der Waals surface area contributed by atoms with Gasteiger partial charge in [0, 0.05) is 40.4 Å². The first-order valence-electron chi connectivity index (χ1n) is 11.4. The summed E-state index contributed by atoms with van der Waals surface area (Å²) >= 11 is 12.2. The molecule has 6 heteroatoms. The van der Waals surface area contributed by atoms with E-state index in [2.05, 4.69) is 72.0 Å². The van der Waals surface area contributed by atoms with E-state index in [4.69, 9.17) is 28.8 Å². The monoisotopic (exact) mass is 486 g/mol. The zero-order chi connectivity index (χ0) is 23.8. The molecule has 0 amide bonds. The molecule has 5 rings (SSSR count). The van der Waals surface area contributed by atoms with E-state index in [0.29, 0.717) is 0 Å². The third-order valence-electron chi connectivity index (χ3n) is 6.76. The minimum absolute atomic E-state index is 0.00161. The number of rotatable bonds is 5. The summed E-state index contributed by atoms with van der Waals surface area (Å²) in [5.74, 6) is 0. The van der Waals surface area contributed by atoms with Crippen LogP contribution in [0.2, 0.25) is 5.02 Å². The van der Waals surface area contributed by atoms with E-state index in [1.54, 1.807) is 0 Å². The Morgan fingerprint density at radius 3 is 2.41 bits per heavy atom. The number of benzene rings is 2. The third kappa shape index (κ3) is 3.99. The van der Waals surface area contributed by atoms with Crippen molar-refractivity contribution in [1.82, 2.24) is 19.8 Å². The van der Waals surface area contributed by atoms with Crippen molar-refractivity contribution in [1.29, 1.82) is 0 Å². The lowest BCUT2D eigenvalue weighted by molar-refractivity contribution is 0.309. The molecule has 34 heavy (non-hydrogen) atoms. The van der Waals surface area contributed by atoms with Crippen LogP contribution in [-0.2, 0) is 6.54 Å². The maximum absolute atomic E-state index is 6.35. The first-order chi connectivity index (χ1) is 16.5. The Bertz CT molecular complexity index is 1330. The first kappa shape index (κ1) is 22.6. The fraction of sp³-hybridized carbons (Fsp3) is 0.214. The summed E-state index contributed by atoms with van der Waals surface area (Å²) in [6, 6.07) is 24.5. The van der Waals surface area contributed by atoms with Gasteiger partial charge in [-0.15, -0.1) is 0 Å². The molecule has 0 bridgehead atoms. The Labute approximate surface area is 211 Å². The highest BCUT2D eigenvalue weighted by molar-refractivity contribution is 7.80. The fourth-order valence-corrected chi connectivity index (χ4v) is 5.60. The van der Waals surface area contributed by atoms with Crippen molar-refractivity contribution in [2.75, 3.05) is 0 Å². The lowest BCUT2D eigenvalue weighted by Crippen LogP contribution is -2.29. The Hall–Kier alpha value is -3.15. The highest BCUT2D eigenvalue weighted by Gasteiger charge is 2.42. The molecule has 1 saturated heterocycles. The fourth-order valence-electron chi connectivity index (χ4n) is 5.11. The number of aromatic nitrogens is 2. The van der Waals surface area contributed by atoms with Crippen LogP contribution in [0, 0.1) is 20.8 Å². The van der Waals surface area contributed by atoms with Crippen molar-refractivity contribution in [2.45, 2.75) is 39.4 Å². The first-order valence-corrected chi connectivity index (χ1v) is 12.2.